The molecule has 0 radical (unpaired) electrons. The van der Waals surface area contributed by atoms with E-state index in [0.29, 0.717) is 18.7 Å². The normalized spacial score (nSPS) is 10.5. The van der Waals surface area contributed by atoms with Crippen LogP contribution in [0.3, 0.4) is 0 Å². The van der Waals surface area contributed by atoms with Crippen molar-refractivity contribution in [3.63, 3.8) is 0 Å². The van der Waals surface area contributed by atoms with Gasteiger partial charge in [-0.25, -0.2) is 4.39 Å². The minimum atomic E-state index is -0.643. The molecule has 5 nitrogen and oxygen atoms in total. The highest BCUT2D eigenvalue weighted by atomic mass is 19.1. The Hall–Kier alpha value is -2.21. The van der Waals surface area contributed by atoms with Gasteiger partial charge < -0.3 is 15.6 Å². The third-order valence-electron chi connectivity index (χ3n) is 2.45. The molecule has 1 heterocycles. The van der Waals surface area contributed by atoms with Crippen molar-refractivity contribution in [3.05, 3.63) is 53.2 Å². The minimum absolute atomic E-state index is 0.160. The first-order chi connectivity index (χ1) is 8.66. The molecule has 6 heteroatoms. The highest BCUT2D eigenvalue weighted by Crippen LogP contribution is 2.10. The summed E-state index contributed by atoms with van der Waals surface area (Å²) in [6.07, 6.45) is 1.47. The number of nitrogens with two attached hydrogens (primary N) is 1. The fourth-order valence-corrected chi connectivity index (χ4v) is 1.50. The van der Waals surface area contributed by atoms with E-state index >= 15 is 0 Å². The van der Waals surface area contributed by atoms with Crippen LogP contribution in [0.1, 0.15) is 21.6 Å². The standard InChI is InChI=1S/C12H12FN3O2/c13-11-5-8(12(14)17)1-2-9(11)6-15-7-10-3-4-18-16-10/h1-5,15H,6-7H2,(H2,14,17). The number of hydrogen-bond donors (Lipinski definition) is 2. The second kappa shape index (κ2) is 5.42. The van der Waals surface area contributed by atoms with E-state index in [2.05, 4.69) is 15.0 Å². The van der Waals surface area contributed by atoms with Gasteiger partial charge in [-0.3, -0.25) is 4.79 Å². The fourth-order valence-electron chi connectivity index (χ4n) is 1.50. The van der Waals surface area contributed by atoms with Crippen LogP contribution in [0.25, 0.3) is 0 Å². The lowest BCUT2D eigenvalue weighted by Crippen LogP contribution is -2.15. The Bertz CT molecular complexity index is 540. The summed E-state index contributed by atoms with van der Waals surface area (Å²) >= 11 is 0. The van der Waals surface area contributed by atoms with Crippen LogP contribution >= 0.6 is 0 Å². The molecule has 1 aromatic heterocycles. The quantitative estimate of drug-likeness (QED) is 0.834. The lowest BCUT2D eigenvalue weighted by Gasteiger charge is -2.05. The molecule has 0 fully saturated rings. The average molecular weight is 249 g/mol. The van der Waals surface area contributed by atoms with Crippen molar-refractivity contribution in [3.8, 4) is 0 Å². The number of amides is 1. The summed E-state index contributed by atoms with van der Waals surface area (Å²) in [7, 11) is 0. The molecule has 0 saturated carbocycles. The fraction of sp³-hybridized carbons (Fsp3) is 0.167. The van der Waals surface area contributed by atoms with Crippen LogP contribution in [0, 0.1) is 5.82 Å². The second-order valence-electron chi connectivity index (χ2n) is 3.76. The molecule has 0 unspecified atom stereocenters. The summed E-state index contributed by atoms with van der Waals surface area (Å²) in [6.45, 7) is 0.811. The van der Waals surface area contributed by atoms with Crippen LogP contribution < -0.4 is 11.1 Å². The second-order valence-corrected chi connectivity index (χ2v) is 3.76. The Kier molecular flexibility index (Phi) is 3.69. The molecule has 0 bridgehead atoms. The van der Waals surface area contributed by atoms with Crippen LogP contribution in [0.2, 0.25) is 0 Å². The van der Waals surface area contributed by atoms with E-state index < -0.39 is 11.7 Å². The van der Waals surface area contributed by atoms with Crippen LogP contribution in [-0.2, 0) is 13.1 Å². The number of nitrogens with zero attached hydrogens (tertiary/aromatic N) is 1. The number of carbonyl (C=O) groups is 1. The first-order valence-electron chi connectivity index (χ1n) is 5.35. The summed E-state index contributed by atoms with van der Waals surface area (Å²) < 4.78 is 18.3. The number of hydrogen-bond acceptors (Lipinski definition) is 4. The maximum atomic E-state index is 13.6. The molecule has 3 N–H and O–H groups in total. The molecule has 18 heavy (non-hydrogen) atoms. The first-order valence-corrected chi connectivity index (χ1v) is 5.35. The monoisotopic (exact) mass is 249 g/mol. The first kappa shape index (κ1) is 12.3. The Balaban J connectivity index is 1.95. The van der Waals surface area contributed by atoms with Crippen molar-refractivity contribution in [2.75, 3.05) is 0 Å². The van der Waals surface area contributed by atoms with Gasteiger partial charge in [0.1, 0.15) is 12.1 Å². The van der Waals surface area contributed by atoms with Crippen molar-refractivity contribution >= 4 is 5.91 Å². The van der Waals surface area contributed by atoms with Gasteiger partial charge in [0.15, 0.2) is 0 Å². The highest BCUT2D eigenvalue weighted by molar-refractivity contribution is 5.92. The van der Waals surface area contributed by atoms with Gasteiger partial charge >= 0.3 is 0 Å². The molecule has 94 valence electrons. The SMILES string of the molecule is NC(=O)c1ccc(CNCc2ccon2)c(F)c1. The molecule has 0 aliphatic rings. The lowest BCUT2D eigenvalue weighted by molar-refractivity contribution is 0.1000. The number of benzene rings is 1. The third-order valence-corrected chi connectivity index (χ3v) is 2.45. The highest BCUT2D eigenvalue weighted by Gasteiger charge is 2.06. The largest absolute Gasteiger partial charge is 0.366 e. The van der Waals surface area contributed by atoms with Crippen molar-refractivity contribution in [1.29, 1.82) is 0 Å². The van der Waals surface area contributed by atoms with Crippen LogP contribution in [0.5, 0.6) is 0 Å². The van der Waals surface area contributed by atoms with Gasteiger partial charge in [-0.2, -0.15) is 0 Å². The predicted molar refractivity (Wildman–Crippen MR) is 62.0 cm³/mol. The summed E-state index contributed by atoms with van der Waals surface area (Å²) in [6, 6.07) is 5.89. The average Bonchev–Trinajstić information content (AvgIpc) is 2.84. The number of nitrogens with one attached hydrogen (secondary N) is 1. The van der Waals surface area contributed by atoms with Crippen LogP contribution in [-0.4, -0.2) is 11.1 Å². The molecule has 0 saturated heterocycles. The van der Waals surface area contributed by atoms with Crippen molar-refractivity contribution in [2.45, 2.75) is 13.1 Å². The third kappa shape index (κ3) is 2.92. The van der Waals surface area contributed by atoms with Crippen LogP contribution in [0.4, 0.5) is 4.39 Å². The van der Waals surface area contributed by atoms with Gasteiger partial charge in [0.25, 0.3) is 0 Å². The maximum Gasteiger partial charge on any atom is 0.248 e. The topological polar surface area (TPSA) is 81.2 Å². The maximum absolute atomic E-state index is 13.6. The van der Waals surface area contributed by atoms with E-state index in [1.807, 2.05) is 0 Å². The predicted octanol–water partition coefficient (Wildman–Crippen LogP) is 1.20. The Morgan fingerprint density at radius 3 is 2.83 bits per heavy atom. The van der Waals surface area contributed by atoms with E-state index in [4.69, 9.17) is 5.73 Å². The molecule has 0 aliphatic heterocycles. The number of rotatable bonds is 5. The molecule has 1 aromatic carbocycles. The molecule has 0 spiro atoms. The minimum Gasteiger partial charge on any atom is -0.366 e. The van der Waals surface area contributed by atoms with Crippen molar-refractivity contribution < 1.29 is 13.7 Å². The van der Waals surface area contributed by atoms with Crippen LogP contribution in [0.15, 0.2) is 35.1 Å². The number of primary amides is 1. The van der Waals surface area contributed by atoms with E-state index in [9.17, 15) is 9.18 Å². The zero-order chi connectivity index (χ0) is 13.0. The summed E-state index contributed by atoms with van der Waals surface area (Å²) in [5.74, 6) is -1.10. The Morgan fingerprint density at radius 2 is 2.22 bits per heavy atom. The number of aromatic nitrogens is 1. The van der Waals surface area contributed by atoms with Gasteiger partial charge in [-0.05, 0) is 12.1 Å². The van der Waals surface area contributed by atoms with Gasteiger partial charge in [0, 0.05) is 30.3 Å². The number of halogens is 1. The van der Waals surface area contributed by atoms with E-state index in [-0.39, 0.29) is 5.56 Å². The van der Waals surface area contributed by atoms with Crippen molar-refractivity contribution in [2.24, 2.45) is 5.73 Å². The van der Waals surface area contributed by atoms with E-state index in [1.165, 1.54) is 18.4 Å². The molecule has 0 atom stereocenters. The molecular formula is C12H12FN3O2. The van der Waals surface area contributed by atoms with E-state index in [0.717, 1.165) is 11.8 Å². The molecule has 2 aromatic rings. The molecular weight excluding hydrogens is 237 g/mol. The summed E-state index contributed by atoms with van der Waals surface area (Å²) in [5, 5.41) is 6.73. The zero-order valence-corrected chi connectivity index (χ0v) is 9.52. The molecule has 2 rings (SSSR count). The zero-order valence-electron chi connectivity index (χ0n) is 9.52. The van der Waals surface area contributed by atoms with Gasteiger partial charge in [-0.1, -0.05) is 11.2 Å². The van der Waals surface area contributed by atoms with Gasteiger partial charge in [0.05, 0.1) is 5.69 Å². The van der Waals surface area contributed by atoms with Gasteiger partial charge in [-0.15, -0.1) is 0 Å². The molecule has 0 aliphatic carbocycles. The van der Waals surface area contributed by atoms with Gasteiger partial charge in [0.2, 0.25) is 5.91 Å². The van der Waals surface area contributed by atoms with Crippen molar-refractivity contribution in [1.82, 2.24) is 10.5 Å². The van der Waals surface area contributed by atoms with E-state index in [1.54, 1.807) is 6.07 Å². The lowest BCUT2D eigenvalue weighted by atomic mass is 10.1. The Labute approximate surface area is 103 Å². The Morgan fingerprint density at radius 1 is 1.39 bits per heavy atom. The summed E-state index contributed by atoms with van der Waals surface area (Å²) in [4.78, 5) is 10.9. The molecule has 1 amide bonds. The smallest absolute Gasteiger partial charge is 0.248 e. The number of carbonyl (C=O) groups excluding carboxylic acids is 1. The summed E-state index contributed by atoms with van der Waals surface area (Å²) in [5.41, 5.74) is 6.42.